The Hall–Kier alpha value is -1.65. The Kier molecular flexibility index (Phi) is 4.36. The van der Waals surface area contributed by atoms with Crippen molar-refractivity contribution in [2.24, 2.45) is 0 Å². The summed E-state index contributed by atoms with van der Waals surface area (Å²) in [6.45, 7) is 2.46. The molecule has 0 saturated carbocycles. The van der Waals surface area contributed by atoms with Gasteiger partial charge in [-0.1, -0.05) is 46.3 Å². The number of carbonyl (C=O) groups is 1. The highest BCUT2D eigenvalue weighted by Gasteiger charge is 2.10. The van der Waals surface area contributed by atoms with E-state index in [4.69, 9.17) is 0 Å². The molecule has 2 aromatic carbocycles. The van der Waals surface area contributed by atoms with Gasteiger partial charge in [0.2, 0.25) is 5.91 Å². The molecule has 108 valence electrons. The van der Waals surface area contributed by atoms with E-state index >= 15 is 0 Å². The van der Waals surface area contributed by atoms with Gasteiger partial charge in [-0.2, -0.15) is 0 Å². The smallest absolute Gasteiger partial charge is 0.224 e. The fraction of sp³-hybridized carbons (Fsp3) is 0.235. The maximum atomic E-state index is 12.0. The molecule has 0 unspecified atom stereocenters. The minimum Gasteiger partial charge on any atom is -0.352 e. The summed E-state index contributed by atoms with van der Waals surface area (Å²) in [5, 5.41) is 6.31. The minimum atomic E-state index is 0.0518. The number of fused-ring (bicyclic) bond motifs is 1. The van der Waals surface area contributed by atoms with Gasteiger partial charge in [0, 0.05) is 24.1 Å². The summed E-state index contributed by atoms with van der Waals surface area (Å²) >= 11 is 3.39. The Balaban J connectivity index is 1.55. The van der Waals surface area contributed by atoms with Crippen LogP contribution in [0.5, 0.6) is 0 Å². The van der Waals surface area contributed by atoms with Crippen LogP contribution in [0.3, 0.4) is 0 Å². The van der Waals surface area contributed by atoms with Crippen molar-refractivity contribution < 1.29 is 4.79 Å². The Morgan fingerprint density at radius 3 is 2.57 bits per heavy atom. The van der Waals surface area contributed by atoms with E-state index in [0.29, 0.717) is 13.0 Å². The highest BCUT2D eigenvalue weighted by Crippen LogP contribution is 2.17. The molecular formula is C17H17BrN2O. The zero-order chi connectivity index (χ0) is 14.7. The van der Waals surface area contributed by atoms with E-state index in [1.807, 2.05) is 24.3 Å². The highest BCUT2D eigenvalue weighted by atomic mass is 79.9. The third-order valence-corrected chi connectivity index (χ3v) is 4.20. The van der Waals surface area contributed by atoms with Crippen molar-refractivity contribution in [3.63, 3.8) is 0 Å². The molecule has 0 spiro atoms. The molecule has 1 aliphatic heterocycles. The van der Waals surface area contributed by atoms with Gasteiger partial charge in [0.05, 0.1) is 6.42 Å². The third kappa shape index (κ3) is 3.71. The summed E-state index contributed by atoms with van der Waals surface area (Å²) in [5.41, 5.74) is 4.88. The van der Waals surface area contributed by atoms with Gasteiger partial charge in [-0.05, 0) is 34.4 Å². The standard InChI is InChI=1S/C17H17BrN2O/c18-16-5-2-12(3-6-16)8-17(21)20-9-13-1-4-14-10-19-11-15(14)7-13/h1-7,19H,8-11H2,(H,20,21). The molecule has 1 amide bonds. The summed E-state index contributed by atoms with van der Waals surface area (Å²) in [6, 6.07) is 14.2. The molecule has 0 fully saturated rings. The van der Waals surface area contributed by atoms with Crippen LogP contribution >= 0.6 is 15.9 Å². The second-order valence-corrected chi connectivity index (χ2v) is 6.20. The molecule has 3 rings (SSSR count). The van der Waals surface area contributed by atoms with Crippen LogP contribution in [0.1, 0.15) is 22.3 Å². The van der Waals surface area contributed by atoms with Crippen LogP contribution in [0.25, 0.3) is 0 Å². The van der Waals surface area contributed by atoms with E-state index in [1.54, 1.807) is 0 Å². The number of amides is 1. The number of rotatable bonds is 4. The van der Waals surface area contributed by atoms with Gasteiger partial charge in [-0.15, -0.1) is 0 Å². The second-order valence-electron chi connectivity index (χ2n) is 5.29. The minimum absolute atomic E-state index is 0.0518. The van der Waals surface area contributed by atoms with E-state index < -0.39 is 0 Å². The first-order valence-corrected chi connectivity index (χ1v) is 7.82. The highest BCUT2D eigenvalue weighted by molar-refractivity contribution is 9.10. The first kappa shape index (κ1) is 14.3. The Morgan fingerprint density at radius 2 is 1.76 bits per heavy atom. The van der Waals surface area contributed by atoms with Gasteiger partial charge in [0.1, 0.15) is 0 Å². The lowest BCUT2D eigenvalue weighted by molar-refractivity contribution is -0.120. The molecule has 0 radical (unpaired) electrons. The van der Waals surface area contributed by atoms with Crippen molar-refractivity contribution in [2.75, 3.05) is 0 Å². The molecule has 1 aliphatic rings. The Labute approximate surface area is 132 Å². The summed E-state index contributed by atoms with van der Waals surface area (Å²) < 4.78 is 1.03. The number of hydrogen-bond acceptors (Lipinski definition) is 2. The molecule has 0 aromatic heterocycles. The Morgan fingerprint density at radius 1 is 1.05 bits per heavy atom. The van der Waals surface area contributed by atoms with Crippen molar-refractivity contribution in [3.8, 4) is 0 Å². The van der Waals surface area contributed by atoms with Crippen LogP contribution in [0.15, 0.2) is 46.9 Å². The van der Waals surface area contributed by atoms with Crippen LogP contribution < -0.4 is 10.6 Å². The lowest BCUT2D eigenvalue weighted by Gasteiger charge is -2.07. The summed E-state index contributed by atoms with van der Waals surface area (Å²) in [6.07, 6.45) is 0.416. The molecule has 2 N–H and O–H groups in total. The maximum Gasteiger partial charge on any atom is 0.224 e. The number of halogens is 1. The van der Waals surface area contributed by atoms with Gasteiger partial charge in [-0.25, -0.2) is 0 Å². The molecule has 3 nitrogen and oxygen atoms in total. The van der Waals surface area contributed by atoms with Crippen molar-refractivity contribution in [2.45, 2.75) is 26.1 Å². The molecule has 2 aromatic rings. The SMILES string of the molecule is O=C(Cc1ccc(Br)cc1)NCc1ccc2c(c1)CNC2. The number of hydrogen-bond donors (Lipinski definition) is 2. The van der Waals surface area contributed by atoms with E-state index in [1.165, 1.54) is 11.1 Å². The normalized spacial score (nSPS) is 13.0. The summed E-state index contributed by atoms with van der Waals surface area (Å²) in [4.78, 5) is 12.0. The zero-order valence-corrected chi connectivity index (χ0v) is 13.2. The molecule has 21 heavy (non-hydrogen) atoms. The second kappa shape index (κ2) is 6.41. The van der Waals surface area contributed by atoms with E-state index in [9.17, 15) is 4.79 Å². The molecule has 0 aliphatic carbocycles. The van der Waals surface area contributed by atoms with Crippen molar-refractivity contribution in [1.29, 1.82) is 0 Å². The first-order chi connectivity index (χ1) is 10.2. The molecule has 0 atom stereocenters. The average molecular weight is 345 g/mol. The summed E-state index contributed by atoms with van der Waals surface area (Å²) in [5.74, 6) is 0.0518. The van der Waals surface area contributed by atoms with Crippen LogP contribution in [0, 0.1) is 0 Å². The molecular weight excluding hydrogens is 328 g/mol. The fourth-order valence-electron chi connectivity index (χ4n) is 2.51. The van der Waals surface area contributed by atoms with Gasteiger partial charge in [-0.3, -0.25) is 4.79 Å². The number of nitrogens with one attached hydrogen (secondary N) is 2. The van der Waals surface area contributed by atoms with Crippen molar-refractivity contribution in [1.82, 2.24) is 10.6 Å². The van der Waals surface area contributed by atoms with E-state index in [0.717, 1.165) is 28.7 Å². The molecule has 0 bridgehead atoms. The van der Waals surface area contributed by atoms with Crippen LogP contribution in [-0.4, -0.2) is 5.91 Å². The maximum absolute atomic E-state index is 12.0. The first-order valence-electron chi connectivity index (χ1n) is 7.03. The van der Waals surface area contributed by atoms with Gasteiger partial charge in [0.15, 0.2) is 0 Å². The topological polar surface area (TPSA) is 41.1 Å². The van der Waals surface area contributed by atoms with Gasteiger partial charge < -0.3 is 10.6 Å². The van der Waals surface area contributed by atoms with Gasteiger partial charge in [0.25, 0.3) is 0 Å². The number of benzene rings is 2. The average Bonchev–Trinajstić information content (AvgIpc) is 2.95. The molecule has 4 heteroatoms. The van der Waals surface area contributed by atoms with E-state index in [-0.39, 0.29) is 5.91 Å². The zero-order valence-electron chi connectivity index (χ0n) is 11.7. The van der Waals surface area contributed by atoms with Crippen molar-refractivity contribution >= 4 is 21.8 Å². The van der Waals surface area contributed by atoms with Crippen LogP contribution in [-0.2, 0) is 30.8 Å². The lowest BCUT2D eigenvalue weighted by atomic mass is 10.1. The monoisotopic (exact) mass is 344 g/mol. The lowest BCUT2D eigenvalue weighted by Crippen LogP contribution is -2.24. The van der Waals surface area contributed by atoms with E-state index in [2.05, 4.69) is 44.8 Å². The largest absolute Gasteiger partial charge is 0.352 e. The fourth-order valence-corrected chi connectivity index (χ4v) is 2.77. The van der Waals surface area contributed by atoms with Crippen molar-refractivity contribution in [3.05, 3.63) is 69.2 Å². The molecule has 0 saturated heterocycles. The van der Waals surface area contributed by atoms with Crippen LogP contribution in [0.2, 0.25) is 0 Å². The molecule has 1 heterocycles. The third-order valence-electron chi connectivity index (χ3n) is 3.67. The van der Waals surface area contributed by atoms with Gasteiger partial charge >= 0.3 is 0 Å². The quantitative estimate of drug-likeness (QED) is 0.895. The summed E-state index contributed by atoms with van der Waals surface area (Å²) in [7, 11) is 0. The predicted molar refractivity (Wildman–Crippen MR) is 86.7 cm³/mol. The van der Waals surface area contributed by atoms with Crippen LogP contribution in [0.4, 0.5) is 0 Å². The number of carbonyl (C=O) groups excluding carboxylic acids is 1. The Bertz CT molecular complexity index is 652. The predicted octanol–water partition coefficient (Wildman–Crippen LogP) is 2.91.